The number of hydrogen-bond acceptors (Lipinski definition) is 8. The van der Waals surface area contributed by atoms with Gasteiger partial charge in [-0.05, 0) is 0 Å². The van der Waals surface area contributed by atoms with E-state index in [2.05, 4.69) is 23.7 Å². The van der Waals surface area contributed by atoms with E-state index >= 15 is 0 Å². The molecule has 0 aliphatic rings. The molecule has 9 nitrogen and oxygen atoms in total. The zero-order chi connectivity index (χ0) is 16.8. The lowest BCUT2D eigenvalue weighted by molar-refractivity contribution is 0.584. The average Bonchev–Trinajstić information content (AvgIpc) is 3.12. The van der Waals surface area contributed by atoms with Gasteiger partial charge in [-0.25, -0.2) is 4.98 Å². The smallest absolute Gasteiger partial charge is 0.229 e. The maximum atomic E-state index is 11.1. The van der Waals surface area contributed by atoms with E-state index in [0.29, 0.717) is 18.0 Å². The van der Waals surface area contributed by atoms with Gasteiger partial charge in [0.1, 0.15) is 0 Å². The van der Waals surface area contributed by atoms with Gasteiger partial charge in [-0.2, -0.15) is 11.8 Å². The van der Waals surface area contributed by atoms with Crippen LogP contribution in [0.5, 0.6) is 0 Å². The fourth-order valence-corrected chi connectivity index (χ4v) is 3.84. The zero-order valence-corrected chi connectivity index (χ0v) is 15.2. The van der Waals surface area contributed by atoms with Crippen molar-refractivity contribution in [3.8, 4) is 0 Å². The van der Waals surface area contributed by atoms with Gasteiger partial charge in [-0.15, -0.1) is 15.7 Å². The lowest BCUT2D eigenvalue weighted by atomic mass is 10.6. The number of rotatable bonds is 6. The van der Waals surface area contributed by atoms with Crippen LogP contribution < -0.4 is 21.9 Å². The molecule has 0 radical (unpaired) electrons. The van der Waals surface area contributed by atoms with Crippen LogP contribution in [0.25, 0.3) is 0 Å². The van der Waals surface area contributed by atoms with E-state index in [1.54, 1.807) is 23.7 Å². The lowest BCUT2D eigenvalue weighted by Gasteiger charge is -2.13. The Hall–Kier alpha value is -1.63. The standard InChI is InChI=1S/C11H18N8OS3/c1-14-10(13)19(2)11-16-7(6-22-11)5-21-4-3-15-9-8(12)17-23(20)18-9/h6H,3-5H2,1-2H3,(H2,12,17)(H2,13,14)(H,15,18). The summed E-state index contributed by atoms with van der Waals surface area (Å²) in [6.45, 7) is 0.562. The molecule has 1 atom stereocenters. The molecule has 5 N–H and O–H groups in total. The second kappa shape index (κ2) is 8.29. The summed E-state index contributed by atoms with van der Waals surface area (Å²) in [4.78, 5) is 14.4. The second-order valence-electron chi connectivity index (χ2n) is 4.37. The number of nitrogens with one attached hydrogen (secondary N) is 1. The summed E-state index contributed by atoms with van der Waals surface area (Å²) >= 11 is 1.74. The molecule has 0 spiro atoms. The topological polar surface area (TPSA) is 145 Å². The highest BCUT2D eigenvalue weighted by Crippen LogP contribution is 2.22. The van der Waals surface area contributed by atoms with Crippen LogP contribution in [-0.4, -0.2) is 50.6 Å². The van der Waals surface area contributed by atoms with Crippen LogP contribution in [-0.2, 0) is 5.75 Å². The number of H-pyrrole nitrogens is 1. The molecular weight excluding hydrogens is 356 g/mol. The Kier molecular flexibility index (Phi) is 6.38. The quantitative estimate of drug-likeness (QED) is 0.287. The third kappa shape index (κ3) is 4.92. The summed E-state index contributed by atoms with van der Waals surface area (Å²) in [6.07, 6.45) is 0. The number of aromatic amines is 1. The van der Waals surface area contributed by atoms with Crippen molar-refractivity contribution in [3.05, 3.63) is 16.6 Å². The highest BCUT2D eigenvalue weighted by molar-refractivity contribution is 7.98. The third-order valence-electron chi connectivity index (χ3n) is 2.76. The van der Waals surface area contributed by atoms with Gasteiger partial charge < -0.3 is 16.0 Å². The molecule has 2 rings (SSSR count). The summed E-state index contributed by atoms with van der Waals surface area (Å²) in [5, 5.41) is 2.81. The van der Waals surface area contributed by atoms with Crippen molar-refractivity contribution in [3.63, 3.8) is 0 Å². The Labute approximate surface area is 144 Å². The fourth-order valence-electron chi connectivity index (χ4n) is 1.57. The number of hydrogen-bond donors (Lipinski definition) is 3. The van der Waals surface area contributed by atoms with Gasteiger partial charge in [0.2, 0.25) is 11.3 Å². The molecule has 0 bridgehead atoms. The van der Waals surface area contributed by atoms with Gasteiger partial charge in [0, 0.05) is 35.4 Å². The Morgan fingerprint density at radius 1 is 1.61 bits per heavy atom. The van der Waals surface area contributed by atoms with Crippen molar-refractivity contribution in [1.82, 2.24) is 13.7 Å². The molecule has 23 heavy (non-hydrogen) atoms. The fraction of sp³-hybridized carbons (Fsp3) is 0.455. The Morgan fingerprint density at radius 2 is 2.39 bits per heavy atom. The first-order valence-corrected chi connectivity index (χ1v) is 9.71. The van der Waals surface area contributed by atoms with Crippen LogP contribution >= 0.6 is 34.2 Å². The van der Waals surface area contributed by atoms with Crippen molar-refractivity contribution in [2.45, 2.75) is 5.75 Å². The van der Waals surface area contributed by atoms with Gasteiger partial charge in [-0.1, -0.05) is 0 Å². The zero-order valence-electron chi connectivity index (χ0n) is 12.7. The second-order valence-corrected chi connectivity index (χ2v) is 7.20. The average molecular weight is 375 g/mol. The Bertz CT molecular complexity index is 734. The minimum absolute atomic E-state index is 0.190. The molecule has 2 aromatic rings. The maximum Gasteiger partial charge on any atom is 0.229 e. The monoisotopic (exact) mass is 374 g/mol. The molecule has 0 aliphatic carbocycles. The number of anilines is 2. The number of thiazole rings is 1. The maximum absolute atomic E-state index is 11.1. The van der Waals surface area contributed by atoms with Crippen LogP contribution in [0.1, 0.15) is 5.69 Å². The van der Waals surface area contributed by atoms with E-state index in [-0.39, 0.29) is 5.82 Å². The number of aromatic nitrogens is 3. The third-order valence-corrected chi connectivity index (χ3v) is 5.43. The molecular formula is C11H18N8OS3. The first-order valence-electron chi connectivity index (χ1n) is 6.57. The Balaban J connectivity index is 1.80. The van der Waals surface area contributed by atoms with E-state index < -0.39 is 11.1 Å². The number of nitrogens with two attached hydrogens (primary N) is 2. The largest absolute Gasteiger partial charge is 0.548 e. The normalized spacial score (nSPS) is 13.6. The molecule has 0 aliphatic heterocycles. The van der Waals surface area contributed by atoms with Crippen molar-refractivity contribution in [1.29, 1.82) is 0 Å². The number of nitrogen functional groups attached to an aromatic ring is 1. The summed E-state index contributed by atoms with van der Waals surface area (Å²) in [7, 11) is 3.47. The molecule has 2 heterocycles. The highest BCUT2D eigenvalue weighted by atomic mass is 32.2. The molecule has 0 saturated heterocycles. The van der Waals surface area contributed by atoms with E-state index in [0.717, 1.165) is 22.3 Å². The summed E-state index contributed by atoms with van der Waals surface area (Å²) in [5.41, 5.74) is 12.7. The van der Waals surface area contributed by atoms with Gasteiger partial charge in [0.15, 0.2) is 22.2 Å². The molecule has 12 heteroatoms. The summed E-state index contributed by atoms with van der Waals surface area (Å²) in [5.74, 6) is 2.19. The lowest BCUT2D eigenvalue weighted by Crippen LogP contribution is -2.33. The van der Waals surface area contributed by atoms with Crippen LogP contribution in [0.15, 0.2) is 15.4 Å². The van der Waals surface area contributed by atoms with Crippen LogP contribution in [0.2, 0.25) is 0 Å². The molecule has 126 valence electrons. The van der Waals surface area contributed by atoms with Gasteiger partial charge in [0.25, 0.3) is 0 Å². The Morgan fingerprint density at radius 3 is 3.04 bits per heavy atom. The molecule has 1 unspecified atom stereocenters. The van der Waals surface area contributed by atoms with Crippen LogP contribution in [0.3, 0.4) is 0 Å². The first kappa shape index (κ1) is 17.7. The molecule has 0 fully saturated rings. The predicted molar refractivity (Wildman–Crippen MR) is 96.3 cm³/mol. The summed E-state index contributed by atoms with van der Waals surface area (Å²) in [6, 6.07) is 0. The number of guanidine groups is 1. The van der Waals surface area contributed by atoms with Crippen molar-refractivity contribution >= 4 is 51.1 Å². The minimum Gasteiger partial charge on any atom is -0.548 e. The molecule has 0 saturated carbocycles. The van der Waals surface area contributed by atoms with Gasteiger partial charge in [0.05, 0.1) is 12.2 Å². The summed E-state index contributed by atoms with van der Waals surface area (Å²) < 4.78 is 17.3. The molecule has 0 aromatic carbocycles. The number of aliphatic imine (C=N–C) groups is 1. The molecule has 0 amide bonds. The van der Waals surface area contributed by atoms with Crippen molar-refractivity contribution in [2.24, 2.45) is 15.7 Å². The SMILES string of the molecule is CN=C(N)N(C)c1nc(CSCCN=c2[nH][s+]([O-])nc2N)cs1. The molecule has 2 aromatic heterocycles. The van der Waals surface area contributed by atoms with Crippen LogP contribution in [0.4, 0.5) is 10.9 Å². The van der Waals surface area contributed by atoms with Crippen LogP contribution in [0, 0.1) is 0 Å². The minimum atomic E-state index is -1.48. The number of thioether (sulfide) groups is 1. The van der Waals surface area contributed by atoms with Gasteiger partial charge >= 0.3 is 0 Å². The van der Waals surface area contributed by atoms with Crippen molar-refractivity contribution in [2.75, 3.05) is 37.0 Å². The first-order chi connectivity index (χ1) is 11.0. The predicted octanol–water partition coefficient (Wildman–Crippen LogP) is 0.391. The highest BCUT2D eigenvalue weighted by Gasteiger charge is 2.09. The van der Waals surface area contributed by atoms with E-state index in [1.807, 2.05) is 12.4 Å². The van der Waals surface area contributed by atoms with E-state index in [9.17, 15) is 4.55 Å². The van der Waals surface area contributed by atoms with E-state index in [4.69, 9.17) is 11.5 Å². The van der Waals surface area contributed by atoms with Crippen molar-refractivity contribution < 1.29 is 4.55 Å². The van der Waals surface area contributed by atoms with E-state index in [1.165, 1.54) is 11.3 Å². The number of nitrogens with zero attached hydrogens (tertiary/aromatic N) is 5. The van der Waals surface area contributed by atoms with Gasteiger partial charge in [-0.3, -0.25) is 14.9 Å².